The first-order chi connectivity index (χ1) is 8.65. The highest BCUT2D eigenvalue weighted by Crippen LogP contribution is 2.19. The average Bonchev–Trinajstić information content (AvgIpc) is 2.83. The highest BCUT2D eigenvalue weighted by molar-refractivity contribution is 6.31. The Kier molecular flexibility index (Phi) is 4.65. The van der Waals surface area contributed by atoms with Crippen LogP contribution in [0.1, 0.15) is 43.2 Å². The van der Waals surface area contributed by atoms with Gasteiger partial charge < -0.3 is 5.32 Å². The van der Waals surface area contributed by atoms with Gasteiger partial charge >= 0.3 is 0 Å². The predicted molar refractivity (Wildman–Crippen MR) is 74.9 cm³/mol. The molecule has 1 saturated carbocycles. The first-order valence-corrected chi connectivity index (χ1v) is 7.07. The number of hydrogen-bond donors (Lipinski definition) is 1. The van der Waals surface area contributed by atoms with Crippen LogP contribution in [0, 0.1) is 6.92 Å². The normalized spacial score (nSPS) is 15.9. The van der Waals surface area contributed by atoms with Gasteiger partial charge in [0.25, 0.3) is 0 Å². The third-order valence-corrected chi connectivity index (χ3v) is 4.00. The molecule has 98 valence electrons. The molecule has 18 heavy (non-hydrogen) atoms. The lowest BCUT2D eigenvalue weighted by molar-refractivity contribution is -0.121. The number of amides is 1. The van der Waals surface area contributed by atoms with Gasteiger partial charge in [-0.1, -0.05) is 36.6 Å². The Morgan fingerprint density at radius 3 is 2.78 bits per heavy atom. The predicted octanol–water partition coefficient (Wildman–Crippen LogP) is 3.64. The smallest absolute Gasteiger partial charge is 0.220 e. The lowest BCUT2D eigenvalue weighted by Crippen LogP contribution is -2.32. The molecule has 0 saturated heterocycles. The van der Waals surface area contributed by atoms with Crippen LogP contribution in [0.3, 0.4) is 0 Å². The zero-order chi connectivity index (χ0) is 13.0. The molecular weight excluding hydrogens is 246 g/mol. The highest BCUT2D eigenvalue weighted by atomic mass is 35.5. The van der Waals surface area contributed by atoms with Crippen molar-refractivity contribution in [1.29, 1.82) is 0 Å². The fraction of sp³-hybridized carbons (Fsp3) is 0.533. The zero-order valence-corrected chi connectivity index (χ0v) is 11.6. The lowest BCUT2D eigenvalue weighted by atomic mass is 10.1. The largest absolute Gasteiger partial charge is 0.353 e. The van der Waals surface area contributed by atoms with Gasteiger partial charge in [0, 0.05) is 17.5 Å². The van der Waals surface area contributed by atoms with Gasteiger partial charge in [-0.05, 0) is 43.4 Å². The molecule has 0 aliphatic heterocycles. The van der Waals surface area contributed by atoms with E-state index in [1.165, 1.54) is 12.8 Å². The Bertz CT molecular complexity index is 425. The van der Waals surface area contributed by atoms with E-state index in [1.54, 1.807) is 0 Å². The third kappa shape index (κ3) is 3.74. The second kappa shape index (κ2) is 6.24. The van der Waals surface area contributed by atoms with Crippen LogP contribution in [0.4, 0.5) is 0 Å². The summed E-state index contributed by atoms with van der Waals surface area (Å²) in [6.07, 6.45) is 6.09. The van der Waals surface area contributed by atoms with Gasteiger partial charge in [0.1, 0.15) is 0 Å². The van der Waals surface area contributed by atoms with Crippen LogP contribution >= 0.6 is 11.6 Å². The molecule has 1 aromatic rings. The molecule has 1 aliphatic carbocycles. The van der Waals surface area contributed by atoms with Crippen molar-refractivity contribution in [3.05, 3.63) is 34.3 Å². The molecule has 0 radical (unpaired) electrons. The van der Waals surface area contributed by atoms with Crippen molar-refractivity contribution in [3.8, 4) is 0 Å². The second-order valence-electron chi connectivity index (χ2n) is 5.13. The summed E-state index contributed by atoms with van der Waals surface area (Å²) in [5.74, 6) is 0.165. The van der Waals surface area contributed by atoms with Crippen LogP contribution in [0.5, 0.6) is 0 Å². The Hall–Kier alpha value is -1.02. The van der Waals surface area contributed by atoms with Crippen molar-refractivity contribution in [2.45, 2.75) is 51.5 Å². The molecule has 3 heteroatoms. The van der Waals surface area contributed by atoms with E-state index in [1.807, 2.05) is 25.1 Å². The summed E-state index contributed by atoms with van der Waals surface area (Å²) in [7, 11) is 0. The number of rotatable bonds is 4. The molecule has 2 nitrogen and oxygen atoms in total. The quantitative estimate of drug-likeness (QED) is 0.885. The molecule has 0 atom stereocenters. The van der Waals surface area contributed by atoms with E-state index >= 15 is 0 Å². The van der Waals surface area contributed by atoms with Gasteiger partial charge in [0.05, 0.1) is 0 Å². The standard InChI is InChI=1S/C15H20ClNO/c1-11-6-7-12(10-14(11)16)8-9-15(18)17-13-4-2-3-5-13/h6-7,10,13H,2-5,8-9H2,1H3,(H,17,18). The molecule has 1 aromatic carbocycles. The van der Waals surface area contributed by atoms with Crippen molar-refractivity contribution >= 4 is 17.5 Å². The topological polar surface area (TPSA) is 29.1 Å². The first kappa shape index (κ1) is 13.4. The summed E-state index contributed by atoms with van der Waals surface area (Å²) < 4.78 is 0. The maximum atomic E-state index is 11.8. The second-order valence-corrected chi connectivity index (χ2v) is 5.54. The fourth-order valence-corrected chi connectivity index (χ4v) is 2.62. The third-order valence-electron chi connectivity index (χ3n) is 3.60. The van der Waals surface area contributed by atoms with Crippen LogP contribution in [0.15, 0.2) is 18.2 Å². The monoisotopic (exact) mass is 265 g/mol. The summed E-state index contributed by atoms with van der Waals surface area (Å²) >= 11 is 6.07. The van der Waals surface area contributed by atoms with E-state index in [2.05, 4.69) is 5.32 Å². The van der Waals surface area contributed by atoms with Crippen LogP contribution in [0.25, 0.3) is 0 Å². The van der Waals surface area contributed by atoms with Crippen LogP contribution in [-0.4, -0.2) is 11.9 Å². The van der Waals surface area contributed by atoms with Crippen LogP contribution < -0.4 is 5.32 Å². The summed E-state index contributed by atoms with van der Waals surface area (Å²) in [6, 6.07) is 6.43. The van der Waals surface area contributed by atoms with Crippen molar-refractivity contribution in [2.24, 2.45) is 0 Å². The molecule has 0 heterocycles. The molecule has 2 rings (SSSR count). The van der Waals surface area contributed by atoms with Crippen molar-refractivity contribution in [3.63, 3.8) is 0 Å². The molecule has 0 unspecified atom stereocenters. The zero-order valence-electron chi connectivity index (χ0n) is 10.8. The summed E-state index contributed by atoms with van der Waals surface area (Å²) in [4.78, 5) is 11.8. The number of halogens is 1. The van der Waals surface area contributed by atoms with Gasteiger partial charge in [0.2, 0.25) is 5.91 Å². The lowest BCUT2D eigenvalue weighted by Gasteiger charge is -2.11. The molecular formula is C15H20ClNO. The van der Waals surface area contributed by atoms with E-state index in [9.17, 15) is 4.79 Å². The molecule has 0 bridgehead atoms. The van der Waals surface area contributed by atoms with Crippen LogP contribution in [-0.2, 0) is 11.2 Å². The van der Waals surface area contributed by atoms with Gasteiger partial charge in [0.15, 0.2) is 0 Å². The molecule has 1 fully saturated rings. The molecule has 0 aromatic heterocycles. The van der Waals surface area contributed by atoms with Gasteiger partial charge in [-0.3, -0.25) is 4.79 Å². The number of aryl methyl sites for hydroxylation is 2. The van der Waals surface area contributed by atoms with Gasteiger partial charge in [-0.15, -0.1) is 0 Å². The van der Waals surface area contributed by atoms with Crippen molar-refractivity contribution in [2.75, 3.05) is 0 Å². The average molecular weight is 266 g/mol. The molecule has 0 spiro atoms. The van der Waals surface area contributed by atoms with E-state index in [-0.39, 0.29) is 5.91 Å². The minimum absolute atomic E-state index is 0.165. The van der Waals surface area contributed by atoms with Crippen molar-refractivity contribution < 1.29 is 4.79 Å². The Labute approximate surface area is 114 Å². The minimum atomic E-state index is 0.165. The molecule has 1 aliphatic rings. The molecule has 1 amide bonds. The number of hydrogen-bond acceptors (Lipinski definition) is 1. The number of carbonyl (C=O) groups is 1. The summed E-state index contributed by atoms with van der Waals surface area (Å²) in [6.45, 7) is 1.99. The van der Waals surface area contributed by atoms with E-state index < -0.39 is 0 Å². The summed E-state index contributed by atoms with van der Waals surface area (Å²) in [5, 5.41) is 3.88. The van der Waals surface area contributed by atoms with E-state index in [0.29, 0.717) is 12.5 Å². The number of carbonyl (C=O) groups excluding carboxylic acids is 1. The van der Waals surface area contributed by atoms with E-state index in [0.717, 1.165) is 35.4 Å². The van der Waals surface area contributed by atoms with Gasteiger partial charge in [-0.2, -0.15) is 0 Å². The Morgan fingerprint density at radius 2 is 2.11 bits per heavy atom. The number of nitrogens with one attached hydrogen (secondary N) is 1. The Morgan fingerprint density at radius 1 is 1.39 bits per heavy atom. The van der Waals surface area contributed by atoms with Crippen molar-refractivity contribution in [1.82, 2.24) is 5.32 Å². The highest BCUT2D eigenvalue weighted by Gasteiger charge is 2.16. The maximum Gasteiger partial charge on any atom is 0.220 e. The summed E-state index contributed by atoms with van der Waals surface area (Å²) in [5.41, 5.74) is 2.21. The van der Waals surface area contributed by atoms with E-state index in [4.69, 9.17) is 11.6 Å². The molecule has 1 N–H and O–H groups in total. The fourth-order valence-electron chi connectivity index (χ4n) is 2.42. The SMILES string of the molecule is Cc1ccc(CCC(=O)NC2CCCC2)cc1Cl. The first-order valence-electron chi connectivity index (χ1n) is 6.69. The number of benzene rings is 1. The Balaban J connectivity index is 1.79. The van der Waals surface area contributed by atoms with Gasteiger partial charge in [-0.25, -0.2) is 0 Å². The maximum absolute atomic E-state index is 11.8. The minimum Gasteiger partial charge on any atom is -0.353 e. The van der Waals surface area contributed by atoms with Crippen LogP contribution in [0.2, 0.25) is 5.02 Å².